The van der Waals surface area contributed by atoms with Crippen molar-refractivity contribution in [3.63, 3.8) is 0 Å². The number of rotatable bonds is 11. The van der Waals surface area contributed by atoms with Gasteiger partial charge in [0.1, 0.15) is 0 Å². The van der Waals surface area contributed by atoms with Crippen LogP contribution in [0.15, 0.2) is 24.3 Å². The molecule has 2 N–H and O–H groups in total. The molecule has 0 radical (unpaired) electrons. The van der Waals surface area contributed by atoms with Crippen molar-refractivity contribution in [2.45, 2.75) is 26.7 Å². The summed E-state index contributed by atoms with van der Waals surface area (Å²) in [6.45, 7) is 3.05. The number of benzene rings is 1. The quantitative estimate of drug-likeness (QED) is 0.261. The molecule has 0 aromatic heterocycles. The second kappa shape index (κ2) is 11.3. The molecular formula is C18H23NO6S. The summed E-state index contributed by atoms with van der Waals surface area (Å²) in [5, 5.41) is 11.4. The van der Waals surface area contributed by atoms with E-state index < -0.39 is 17.9 Å². The number of carbonyl (C=O) groups excluding carboxylic acids is 3. The number of aliphatic carboxylic acids is 1. The third-order valence-corrected chi connectivity index (χ3v) is 4.58. The number of ketones is 1. The number of Topliss-reactive ketones (excluding diaryl/α,β-unsaturated/α-hetero) is 1. The fourth-order valence-electron chi connectivity index (χ4n) is 2.06. The molecule has 0 heterocycles. The van der Waals surface area contributed by atoms with Crippen LogP contribution in [0.4, 0.5) is 0 Å². The van der Waals surface area contributed by atoms with Crippen molar-refractivity contribution in [2.75, 3.05) is 18.2 Å². The van der Waals surface area contributed by atoms with E-state index in [0.29, 0.717) is 17.1 Å². The van der Waals surface area contributed by atoms with E-state index in [2.05, 4.69) is 5.32 Å². The van der Waals surface area contributed by atoms with Gasteiger partial charge in [-0.05, 0) is 6.92 Å². The fraction of sp³-hybridized carbons (Fsp3) is 0.444. The molecule has 1 atom stereocenters. The lowest BCUT2D eigenvalue weighted by Crippen LogP contribution is -2.25. The Hall–Kier alpha value is -2.35. The summed E-state index contributed by atoms with van der Waals surface area (Å²) < 4.78 is 4.81. The van der Waals surface area contributed by atoms with E-state index in [-0.39, 0.29) is 31.3 Å². The molecule has 1 aromatic carbocycles. The highest BCUT2D eigenvalue weighted by atomic mass is 32.2. The lowest BCUT2D eigenvalue weighted by Gasteiger charge is -2.14. The largest absolute Gasteiger partial charge is 0.481 e. The number of hydrogen-bond acceptors (Lipinski definition) is 6. The summed E-state index contributed by atoms with van der Waals surface area (Å²) in [4.78, 5) is 45.7. The number of aryl methyl sites for hydroxylation is 1. The van der Waals surface area contributed by atoms with Crippen LogP contribution in [0.2, 0.25) is 0 Å². The fourth-order valence-corrected chi connectivity index (χ4v) is 3.09. The van der Waals surface area contributed by atoms with E-state index in [1.165, 1.54) is 18.7 Å². The maximum atomic E-state index is 12.5. The summed E-state index contributed by atoms with van der Waals surface area (Å²) in [5.74, 6) is -1.97. The van der Waals surface area contributed by atoms with Gasteiger partial charge < -0.3 is 15.2 Å². The second-order valence-corrected chi connectivity index (χ2v) is 6.89. The number of carboxylic acid groups (broad SMARTS) is 1. The van der Waals surface area contributed by atoms with E-state index in [1.54, 1.807) is 12.1 Å². The van der Waals surface area contributed by atoms with Gasteiger partial charge in [0.2, 0.25) is 5.91 Å². The molecule has 0 aliphatic rings. The average Bonchev–Trinajstić information content (AvgIpc) is 2.57. The molecule has 0 aliphatic carbocycles. The smallest absolute Gasteiger partial charge is 0.308 e. The maximum absolute atomic E-state index is 12.5. The Morgan fingerprint density at radius 1 is 1.19 bits per heavy atom. The van der Waals surface area contributed by atoms with E-state index in [9.17, 15) is 19.2 Å². The zero-order valence-corrected chi connectivity index (χ0v) is 15.6. The molecule has 0 unspecified atom stereocenters. The van der Waals surface area contributed by atoms with Crippen molar-refractivity contribution >= 4 is 35.4 Å². The van der Waals surface area contributed by atoms with Gasteiger partial charge >= 0.3 is 11.9 Å². The summed E-state index contributed by atoms with van der Waals surface area (Å²) in [5.41, 5.74) is 1.50. The van der Waals surface area contributed by atoms with Crippen LogP contribution in [0, 0.1) is 12.8 Å². The molecule has 0 spiro atoms. The first kappa shape index (κ1) is 21.7. The van der Waals surface area contributed by atoms with Gasteiger partial charge in [-0.2, -0.15) is 11.8 Å². The standard InChI is InChI=1S/C18H23NO6S/c1-12-3-5-14(6-4-12)18(24)15(9-16(21)22)10-26-8-7-17(23)25-11-19-13(2)20/h3-6,15H,7-11H2,1-2H3,(H,19,20)(H,21,22)/t15-/m0/s1. The summed E-state index contributed by atoms with van der Waals surface area (Å²) in [7, 11) is 0. The van der Waals surface area contributed by atoms with Gasteiger partial charge in [0.05, 0.1) is 12.8 Å². The Bertz CT molecular complexity index is 644. The molecule has 1 amide bonds. The van der Waals surface area contributed by atoms with Gasteiger partial charge in [-0.3, -0.25) is 19.2 Å². The van der Waals surface area contributed by atoms with Gasteiger partial charge in [0.25, 0.3) is 0 Å². The van der Waals surface area contributed by atoms with E-state index in [1.807, 2.05) is 19.1 Å². The molecule has 8 heteroatoms. The highest BCUT2D eigenvalue weighted by molar-refractivity contribution is 7.99. The van der Waals surface area contributed by atoms with Gasteiger partial charge in [0, 0.05) is 29.9 Å². The second-order valence-electron chi connectivity index (χ2n) is 5.74. The molecule has 1 aromatic rings. The van der Waals surface area contributed by atoms with Crippen molar-refractivity contribution in [3.05, 3.63) is 35.4 Å². The molecular weight excluding hydrogens is 358 g/mol. The first-order chi connectivity index (χ1) is 12.3. The van der Waals surface area contributed by atoms with Crippen LogP contribution in [-0.4, -0.2) is 47.0 Å². The molecule has 0 saturated carbocycles. The normalized spacial score (nSPS) is 11.5. The Balaban J connectivity index is 2.46. The van der Waals surface area contributed by atoms with Gasteiger partial charge in [-0.25, -0.2) is 0 Å². The minimum atomic E-state index is -1.04. The Labute approximate surface area is 156 Å². The number of carbonyl (C=O) groups is 4. The number of amides is 1. The maximum Gasteiger partial charge on any atom is 0.308 e. The number of hydrogen-bond donors (Lipinski definition) is 2. The monoisotopic (exact) mass is 381 g/mol. The third kappa shape index (κ3) is 8.66. The Kier molecular flexibility index (Phi) is 9.43. The van der Waals surface area contributed by atoms with Crippen LogP contribution < -0.4 is 5.32 Å². The lowest BCUT2D eigenvalue weighted by molar-refractivity contribution is -0.144. The van der Waals surface area contributed by atoms with Gasteiger partial charge in [0.15, 0.2) is 12.5 Å². The summed E-state index contributed by atoms with van der Waals surface area (Å²) in [6.07, 6.45) is -0.143. The van der Waals surface area contributed by atoms with Crippen molar-refractivity contribution < 1.29 is 29.0 Å². The summed E-state index contributed by atoms with van der Waals surface area (Å²) in [6, 6.07) is 7.00. The molecule has 1 rings (SSSR count). The number of thioether (sulfide) groups is 1. The highest BCUT2D eigenvalue weighted by Gasteiger charge is 2.23. The topological polar surface area (TPSA) is 110 Å². The SMILES string of the molecule is CC(=O)NCOC(=O)CCSC[C@H](CC(=O)O)C(=O)c1ccc(C)cc1. The molecule has 142 valence electrons. The van der Waals surface area contributed by atoms with Crippen LogP contribution in [0.5, 0.6) is 0 Å². The number of esters is 1. The average molecular weight is 381 g/mol. The Morgan fingerprint density at radius 2 is 1.85 bits per heavy atom. The first-order valence-corrected chi connectivity index (χ1v) is 9.25. The van der Waals surface area contributed by atoms with Crippen molar-refractivity contribution in [1.82, 2.24) is 5.32 Å². The molecule has 26 heavy (non-hydrogen) atoms. The van der Waals surface area contributed by atoms with E-state index in [4.69, 9.17) is 9.84 Å². The Morgan fingerprint density at radius 3 is 2.42 bits per heavy atom. The summed E-state index contributed by atoms with van der Waals surface area (Å²) >= 11 is 1.33. The molecule has 0 fully saturated rings. The highest BCUT2D eigenvalue weighted by Crippen LogP contribution is 2.19. The van der Waals surface area contributed by atoms with Crippen molar-refractivity contribution in [2.24, 2.45) is 5.92 Å². The van der Waals surface area contributed by atoms with Crippen molar-refractivity contribution in [1.29, 1.82) is 0 Å². The lowest BCUT2D eigenvalue weighted by atomic mass is 9.96. The van der Waals surface area contributed by atoms with Crippen LogP contribution in [0.3, 0.4) is 0 Å². The van der Waals surface area contributed by atoms with Crippen LogP contribution in [0.25, 0.3) is 0 Å². The zero-order valence-electron chi connectivity index (χ0n) is 14.8. The number of carboxylic acids is 1. The van der Waals surface area contributed by atoms with E-state index in [0.717, 1.165) is 5.56 Å². The molecule has 7 nitrogen and oxygen atoms in total. The van der Waals surface area contributed by atoms with Crippen LogP contribution in [0.1, 0.15) is 35.7 Å². The minimum absolute atomic E-state index is 0.114. The van der Waals surface area contributed by atoms with Crippen LogP contribution in [-0.2, 0) is 19.1 Å². The predicted octanol–water partition coefficient (Wildman–Crippen LogP) is 2.03. The molecule has 0 bridgehead atoms. The first-order valence-electron chi connectivity index (χ1n) is 8.10. The van der Waals surface area contributed by atoms with E-state index >= 15 is 0 Å². The van der Waals surface area contributed by atoms with Crippen LogP contribution >= 0.6 is 11.8 Å². The van der Waals surface area contributed by atoms with Gasteiger partial charge in [-0.1, -0.05) is 29.8 Å². The molecule has 0 aliphatic heterocycles. The molecule has 0 saturated heterocycles. The minimum Gasteiger partial charge on any atom is -0.481 e. The number of nitrogens with one attached hydrogen (secondary N) is 1. The van der Waals surface area contributed by atoms with Crippen molar-refractivity contribution in [3.8, 4) is 0 Å². The predicted molar refractivity (Wildman–Crippen MR) is 98.0 cm³/mol. The number of ether oxygens (including phenoxy) is 1. The van der Waals surface area contributed by atoms with Gasteiger partial charge in [-0.15, -0.1) is 0 Å². The third-order valence-electron chi connectivity index (χ3n) is 3.45. The zero-order chi connectivity index (χ0) is 19.5.